The van der Waals surface area contributed by atoms with E-state index in [1.807, 2.05) is 27.7 Å². The fourth-order valence-corrected chi connectivity index (χ4v) is 2.59. The Morgan fingerprint density at radius 3 is 2.50 bits per heavy atom. The van der Waals surface area contributed by atoms with Crippen molar-refractivity contribution >= 4 is 18.3 Å². The summed E-state index contributed by atoms with van der Waals surface area (Å²) < 4.78 is 6.86. The van der Waals surface area contributed by atoms with Crippen LogP contribution in [0.2, 0.25) is 0 Å². The summed E-state index contributed by atoms with van der Waals surface area (Å²) in [6, 6.07) is -0.135. The first-order valence-corrected chi connectivity index (χ1v) is 7.97. The van der Waals surface area contributed by atoms with Crippen LogP contribution in [-0.4, -0.2) is 57.5 Å². The molecular weight excluding hydrogens is 312 g/mol. The van der Waals surface area contributed by atoms with Crippen LogP contribution in [0.3, 0.4) is 0 Å². The SMILES string of the molecule is CCn1c(C=O)nc(C)c1C(=O)NC1CN(C(=O)OC(C)(C)C)C1. The predicted molar refractivity (Wildman–Crippen MR) is 87.1 cm³/mol. The number of ether oxygens (including phenoxy) is 1. The Kier molecular flexibility index (Phi) is 4.96. The van der Waals surface area contributed by atoms with Crippen LogP contribution in [-0.2, 0) is 11.3 Å². The molecule has 24 heavy (non-hydrogen) atoms. The number of amides is 2. The molecule has 0 bridgehead atoms. The summed E-state index contributed by atoms with van der Waals surface area (Å²) in [5.74, 6) is -0.0482. The van der Waals surface area contributed by atoms with E-state index in [2.05, 4.69) is 10.3 Å². The molecule has 1 aromatic heterocycles. The Bertz CT molecular complexity index is 654. The lowest BCUT2D eigenvalue weighted by Crippen LogP contribution is -2.61. The van der Waals surface area contributed by atoms with Gasteiger partial charge in [-0.2, -0.15) is 0 Å². The third-order valence-corrected chi connectivity index (χ3v) is 3.68. The minimum absolute atomic E-state index is 0.135. The van der Waals surface area contributed by atoms with Gasteiger partial charge in [0.2, 0.25) is 0 Å². The van der Waals surface area contributed by atoms with Crippen molar-refractivity contribution < 1.29 is 19.1 Å². The van der Waals surface area contributed by atoms with Crippen molar-refractivity contribution in [1.29, 1.82) is 0 Å². The van der Waals surface area contributed by atoms with Crippen LogP contribution in [0.5, 0.6) is 0 Å². The van der Waals surface area contributed by atoms with Gasteiger partial charge in [0.1, 0.15) is 11.3 Å². The van der Waals surface area contributed by atoms with E-state index >= 15 is 0 Å². The Labute approximate surface area is 141 Å². The minimum atomic E-state index is -0.540. The van der Waals surface area contributed by atoms with Crippen molar-refractivity contribution in [2.24, 2.45) is 0 Å². The summed E-state index contributed by atoms with van der Waals surface area (Å²) in [7, 11) is 0. The van der Waals surface area contributed by atoms with Gasteiger partial charge in [0, 0.05) is 19.6 Å². The number of nitrogens with zero attached hydrogens (tertiary/aromatic N) is 3. The third kappa shape index (κ3) is 3.74. The zero-order valence-electron chi connectivity index (χ0n) is 14.8. The summed E-state index contributed by atoms with van der Waals surface area (Å²) >= 11 is 0. The van der Waals surface area contributed by atoms with Gasteiger partial charge in [-0.3, -0.25) is 9.59 Å². The molecule has 2 rings (SSSR count). The molecule has 2 heterocycles. The van der Waals surface area contributed by atoms with Crippen LogP contribution in [0.1, 0.15) is 54.5 Å². The van der Waals surface area contributed by atoms with Gasteiger partial charge >= 0.3 is 6.09 Å². The van der Waals surface area contributed by atoms with E-state index in [1.54, 1.807) is 11.5 Å². The van der Waals surface area contributed by atoms with Gasteiger partial charge in [0.05, 0.1) is 11.7 Å². The molecule has 0 aromatic carbocycles. The van der Waals surface area contributed by atoms with E-state index in [4.69, 9.17) is 4.74 Å². The Hall–Kier alpha value is -2.38. The van der Waals surface area contributed by atoms with E-state index in [9.17, 15) is 14.4 Å². The number of aldehydes is 1. The number of aryl methyl sites for hydroxylation is 1. The standard InChI is InChI=1S/C16H24N4O4/c1-6-20-12(9-21)17-10(2)13(20)14(22)18-11-7-19(8-11)15(23)24-16(3,4)5/h9,11H,6-8H2,1-5H3,(H,18,22). The summed E-state index contributed by atoms with van der Waals surface area (Å²) in [6.07, 6.45) is 0.256. The molecule has 0 spiro atoms. The van der Waals surface area contributed by atoms with Crippen LogP contribution >= 0.6 is 0 Å². The number of carbonyl (C=O) groups excluding carboxylic acids is 3. The van der Waals surface area contributed by atoms with Gasteiger partial charge in [-0.1, -0.05) is 0 Å². The van der Waals surface area contributed by atoms with E-state index < -0.39 is 5.60 Å². The smallest absolute Gasteiger partial charge is 0.410 e. The number of hydrogen-bond donors (Lipinski definition) is 1. The molecule has 1 aliphatic rings. The summed E-state index contributed by atoms with van der Waals surface area (Å²) in [4.78, 5) is 41.0. The van der Waals surface area contributed by atoms with Crippen LogP contribution in [0, 0.1) is 6.92 Å². The molecular formula is C16H24N4O4. The van der Waals surface area contributed by atoms with Crippen molar-refractivity contribution in [3.8, 4) is 0 Å². The number of aromatic nitrogens is 2. The quantitative estimate of drug-likeness (QED) is 0.838. The van der Waals surface area contributed by atoms with Crippen LogP contribution in [0.4, 0.5) is 4.79 Å². The second kappa shape index (κ2) is 6.62. The number of hydrogen-bond acceptors (Lipinski definition) is 5. The molecule has 1 aromatic rings. The maximum Gasteiger partial charge on any atom is 0.410 e. The largest absolute Gasteiger partial charge is 0.444 e. The zero-order valence-corrected chi connectivity index (χ0v) is 14.8. The molecule has 8 heteroatoms. The first-order chi connectivity index (χ1) is 11.2. The minimum Gasteiger partial charge on any atom is -0.444 e. The highest BCUT2D eigenvalue weighted by Gasteiger charge is 2.35. The molecule has 0 saturated carbocycles. The summed E-state index contributed by atoms with van der Waals surface area (Å²) in [5, 5.41) is 2.87. The molecule has 1 saturated heterocycles. The maximum atomic E-state index is 12.5. The van der Waals surface area contributed by atoms with E-state index in [0.29, 0.717) is 37.3 Å². The Balaban J connectivity index is 1.95. The number of rotatable bonds is 4. The second-order valence-electron chi connectivity index (χ2n) is 6.82. The van der Waals surface area contributed by atoms with Crippen molar-refractivity contribution in [2.75, 3.05) is 13.1 Å². The zero-order chi connectivity index (χ0) is 18.1. The number of carbonyl (C=O) groups is 3. The van der Waals surface area contributed by atoms with Crippen molar-refractivity contribution in [3.05, 3.63) is 17.2 Å². The summed E-state index contributed by atoms with van der Waals surface area (Å²) in [6.45, 7) is 10.3. The molecule has 1 N–H and O–H groups in total. The molecule has 1 fully saturated rings. The number of imidazole rings is 1. The molecule has 0 radical (unpaired) electrons. The fraction of sp³-hybridized carbons (Fsp3) is 0.625. The van der Waals surface area contributed by atoms with Crippen LogP contribution in [0.15, 0.2) is 0 Å². The first kappa shape index (κ1) is 18.0. The molecule has 0 atom stereocenters. The molecule has 0 unspecified atom stereocenters. The normalized spacial score (nSPS) is 15.0. The first-order valence-electron chi connectivity index (χ1n) is 7.97. The van der Waals surface area contributed by atoms with Gasteiger partial charge in [-0.05, 0) is 34.6 Å². The van der Waals surface area contributed by atoms with Crippen molar-refractivity contribution in [1.82, 2.24) is 19.8 Å². The maximum absolute atomic E-state index is 12.5. The predicted octanol–water partition coefficient (Wildman–Crippen LogP) is 1.37. The Morgan fingerprint density at radius 1 is 1.38 bits per heavy atom. The monoisotopic (exact) mass is 336 g/mol. The van der Waals surface area contributed by atoms with Crippen molar-refractivity contribution in [2.45, 2.75) is 52.8 Å². The van der Waals surface area contributed by atoms with Crippen LogP contribution < -0.4 is 5.32 Å². The second-order valence-corrected chi connectivity index (χ2v) is 6.82. The Morgan fingerprint density at radius 2 is 2.00 bits per heavy atom. The third-order valence-electron chi connectivity index (χ3n) is 3.68. The van der Waals surface area contributed by atoms with Gasteiger partial charge in [0.15, 0.2) is 12.1 Å². The van der Waals surface area contributed by atoms with Gasteiger partial charge < -0.3 is 19.5 Å². The molecule has 132 valence electrons. The molecule has 8 nitrogen and oxygen atoms in total. The average molecular weight is 336 g/mol. The number of likely N-dealkylation sites (tertiary alicyclic amines) is 1. The van der Waals surface area contributed by atoms with Crippen molar-refractivity contribution in [3.63, 3.8) is 0 Å². The van der Waals surface area contributed by atoms with E-state index in [1.165, 1.54) is 4.90 Å². The number of nitrogens with one attached hydrogen (secondary N) is 1. The van der Waals surface area contributed by atoms with Gasteiger partial charge in [-0.25, -0.2) is 9.78 Å². The highest BCUT2D eigenvalue weighted by atomic mass is 16.6. The van der Waals surface area contributed by atoms with Crippen LogP contribution in [0.25, 0.3) is 0 Å². The molecule has 2 amide bonds. The van der Waals surface area contributed by atoms with E-state index in [-0.39, 0.29) is 23.9 Å². The van der Waals surface area contributed by atoms with E-state index in [0.717, 1.165) is 0 Å². The summed E-state index contributed by atoms with van der Waals surface area (Å²) in [5.41, 5.74) is 0.358. The lowest BCUT2D eigenvalue weighted by molar-refractivity contribution is 0.00527. The van der Waals surface area contributed by atoms with Gasteiger partial charge in [0.25, 0.3) is 5.91 Å². The lowest BCUT2D eigenvalue weighted by atomic mass is 10.1. The fourth-order valence-electron chi connectivity index (χ4n) is 2.59. The van der Waals surface area contributed by atoms with Gasteiger partial charge in [-0.15, -0.1) is 0 Å². The highest BCUT2D eigenvalue weighted by molar-refractivity contribution is 5.95. The topological polar surface area (TPSA) is 93.5 Å². The molecule has 1 aliphatic heterocycles. The molecule has 0 aliphatic carbocycles. The lowest BCUT2D eigenvalue weighted by Gasteiger charge is -2.39. The average Bonchev–Trinajstić information content (AvgIpc) is 2.75. The highest BCUT2D eigenvalue weighted by Crippen LogP contribution is 2.16.